The molecule has 2 fully saturated rings. The molecule has 158 valence electrons. The number of halogens is 1. The molecule has 0 bridgehead atoms. The Bertz CT molecular complexity index is 562. The second kappa shape index (κ2) is 11.4. The second-order valence-corrected chi connectivity index (χ2v) is 9.90. The smallest absolute Gasteiger partial charge is 0.126 e. The summed E-state index contributed by atoms with van der Waals surface area (Å²) in [5.74, 6) is 3.26. The van der Waals surface area contributed by atoms with Gasteiger partial charge in [0.05, 0.1) is 0 Å². The van der Waals surface area contributed by atoms with Crippen molar-refractivity contribution in [3.63, 3.8) is 0 Å². The number of aryl methyl sites for hydroxylation is 1. The molecule has 2 aliphatic rings. The van der Waals surface area contributed by atoms with Crippen molar-refractivity contribution >= 4 is 0 Å². The molecule has 0 aromatic heterocycles. The molecule has 0 spiro atoms. The van der Waals surface area contributed by atoms with E-state index >= 15 is 0 Å². The molecule has 1 heteroatoms. The van der Waals surface area contributed by atoms with Crippen molar-refractivity contribution in [3.8, 4) is 0 Å². The monoisotopic (exact) mass is 386 g/mol. The maximum Gasteiger partial charge on any atom is 0.126 e. The van der Waals surface area contributed by atoms with E-state index in [2.05, 4.69) is 26.0 Å². The summed E-state index contributed by atoms with van der Waals surface area (Å²) >= 11 is 0. The zero-order valence-electron chi connectivity index (χ0n) is 18.5. The lowest BCUT2D eigenvalue weighted by molar-refractivity contribution is 0.249. The summed E-state index contributed by atoms with van der Waals surface area (Å²) in [6, 6.07) is 6.20. The summed E-state index contributed by atoms with van der Waals surface area (Å²) in [5, 5.41) is 0. The minimum absolute atomic E-state index is 0.0667. The zero-order chi connectivity index (χ0) is 19.8. The van der Waals surface area contributed by atoms with E-state index in [0.29, 0.717) is 5.92 Å². The van der Waals surface area contributed by atoms with Crippen molar-refractivity contribution in [3.05, 3.63) is 35.1 Å². The van der Waals surface area contributed by atoms with Crippen molar-refractivity contribution in [1.29, 1.82) is 0 Å². The summed E-state index contributed by atoms with van der Waals surface area (Å²) in [6.45, 7) is 4.59. The number of hydrogen-bond acceptors (Lipinski definition) is 0. The summed E-state index contributed by atoms with van der Waals surface area (Å²) < 4.78 is 14.8. The van der Waals surface area contributed by atoms with Crippen LogP contribution in [0.4, 0.5) is 4.39 Å². The first-order valence-electron chi connectivity index (χ1n) is 12.5. The molecule has 0 heterocycles. The highest BCUT2D eigenvalue weighted by atomic mass is 19.1. The Balaban J connectivity index is 1.42. The van der Waals surface area contributed by atoms with E-state index in [0.717, 1.165) is 29.7 Å². The summed E-state index contributed by atoms with van der Waals surface area (Å²) in [7, 11) is 0. The average molecular weight is 387 g/mol. The number of unbranched alkanes of at least 4 members (excludes halogenated alkanes) is 2. The molecule has 3 rings (SSSR count). The van der Waals surface area contributed by atoms with E-state index in [9.17, 15) is 4.39 Å². The predicted molar refractivity (Wildman–Crippen MR) is 119 cm³/mol. The number of rotatable bonds is 9. The van der Waals surface area contributed by atoms with Crippen LogP contribution in [0, 0.1) is 23.6 Å². The lowest BCUT2D eigenvalue weighted by Gasteiger charge is -2.29. The molecule has 2 saturated carbocycles. The average Bonchev–Trinajstić information content (AvgIpc) is 2.73. The lowest BCUT2D eigenvalue weighted by Crippen LogP contribution is -2.15. The van der Waals surface area contributed by atoms with E-state index < -0.39 is 0 Å². The van der Waals surface area contributed by atoms with Crippen LogP contribution in [0.2, 0.25) is 0 Å². The van der Waals surface area contributed by atoms with Crippen LogP contribution in [0.5, 0.6) is 0 Å². The van der Waals surface area contributed by atoms with Crippen LogP contribution in [0.3, 0.4) is 0 Å². The van der Waals surface area contributed by atoms with Gasteiger partial charge in [0.1, 0.15) is 5.82 Å². The Morgan fingerprint density at radius 2 is 1.43 bits per heavy atom. The van der Waals surface area contributed by atoms with Crippen LogP contribution in [0.15, 0.2) is 18.2 Å². The zero-order valence-corrected chi connectivity index (χ0v) is 18.5. The highest BCUT2D eigenvalue weighted by Crippen LogP contribution is 2.38. The standard InChI is InChI=1S/C27H43F/c1-3-5-6-7-22-8-10-23(11-9-22)12-13-24-16-19-26(27(28)20-24)25-17-14-21(4-2)15-18-25/h16,19-23,25H,3-15,17-18H2,1-2H3. The van der Waals surface area contributed by atoms with Gasteiger partial charge >= 0.3 is 0 Å². The molecule has 0 unspecified atom stereocenters. The van der Waals surface area contributed by atoms with Crippen molar-refractivity contribution in [2.24, 2.45) is 17.8 Å². The Morgan fingerprint density at radius 1 is 0.786 bits per heavy atom. The van der Waals surface area contributed by atoms with Gasteiger partial charge in [0, 0.05) is 0 Å². The topological polar surface area (TPSA) is 0 Å². The predicted octanol–water partition coefficient (Wildman–Crippen LogP) is 8.83. The van der Waals surface area contributed by atoms with Crippen molar-refractivity contribution < 1.29 is 4.39 Å². The fourth-order valence-corrected chi connectivity index (χ4v) is 5.80. The molecule has 1 aromatic carbocycles. The molecule has 0 saturated heterocycles. The summed E-state index contributed by atoms with van der Waals surface area (Å²) in [4.78, 5) is 0. The van der Waals surface area contributed by atoms with Crippen molar-refractivity contribution in [1.82, 2.24) is 0 Å². The number of hydrogen-bond donors (Lipinski definition) is 0. The highest BCUT2D eigenvalue weighted by Gasteiger charge is 2.24. The van der Waals surface area contributed by atoms with Gasteiger partial charge in [0.25, 0.3) is 0 Å². The SMILES string of the molecule is CCCCCC1CCC(CCc2ccc(C3CCC(CC)CC3)c(F)c2)CC1. The summed E-state index contributed by atoms with van der Waals surface area (Å²) in [5.41, 5.74) is 2.21. The molecule has 0 aliphatic heterocycles. The molecular formula is C27H43F. The van der Waals surface area contributed by atoms with Gasteiger partial charge in [-0.1, -0.05) is 83.8 Å². The van der Waals surface area contributed by atoms with Gasteiger partial charge in [-0.25, -0.2) is 4.39 Å². The van der Waals surface area contributed by atoms with Crippen LogP contribution in [-0.4, -0.2) is 0 Å². The van der Waals surface area contributed by atoms with Crippen molar-refractivity contribution in [2.75, 3.05) is 0 Å². The molecule has 0 N–H and O–H groups in total. The van der Waals surface area contributed by atoms with E-state index in [1.54, 1.807) is 0 Å². The van der Waals surface area contributed by atoms with Crippen LogP contribution < -0.4 is 0 Å². The largest absolute Gasteiger partial charge is 0.207 e. The van der Waals surface area contributed by atoms with Gasteiger partial charge < -0.3 is 0 Å². The van der Waals surface area contributed by atoms with E-state index in [1.165, 1.54) is 95.5 Å². The molecule has 2 aliphatic carbocycles. The van der Waals surface area contributed by atoms with Gasteiger partial charge in [-0.15, -0.1) is 0 Å². The molecule has 1 aromatic rings. The molecule has 28 heavy (non-hydrogen) atoms. The molecule has 0 atom stereocenters. The number of benzene rings is 1. The third-order valence-electron chi connectivity index (χ3n) is 7.95. The van der Waals surface area contributed by atoms with Gasteiger partial charge in [-0.05, 0) is 79.4 Å². The van der Waals surface area contributed by atoms with Crippen LogP contribution in [-0.2, 0) is 6.42 Å². The van der Waals surface area contributed by atoms with Crippen LogP contribution >= 0.6 is 0 Å². The first-order valence-corrected chi connectivity index (χ1v) is 12.5. The highest BCUT2D eigenvalue weighted by molar-refractivity contribution is 5.28. The van der Waals surface area contributed by atoms with Crippen molar-refractivity contribution in [2.45, 2.75) is 116 Å². The molecular weight excluding hydrogens is 343 g/mol. The first kappa shape index (κ1) is 21.8. The van der Waals surface area contributed by atoms with Crippen LogP contribution in [0.1, 0.15) is 121 Å². The molecule has 0 radical (unpaired) electrons. The minimum Gasteiger partial charge on any atom is -0.207 e. The van der Waals surface area contributed by atoms with Gasteiger partial charge in [-0.3, -0.25) is 0 Å². The Kier molecular flexibility index (Phi) is 8.87. The van der Waals surface area contributed by atoms with Crippen LogP contribution in [0.25, 0.3) is 0 Å². The Labute approximate surface area is 173 Å². The normalized spacial score (nSPS) is 28.4. The van der Waals surface area contributed by atoms with Gasteiger partial charge in [-0.2, -0.15) is 0 Å². The van der Waals surface area contributed by atoms with E-state index in [-0.39, 0.29) is 5.82 Å². The maximum absolute atomic E-state index is 14.8. The Hall–Kier alpha value is -0.850. The second-order valence-electron chi connectivity index (χ2n) is 9.90. The first-order chi connectivity index (χ1) is 13.7. The quantitative estimate of drug-likeness (QED) is 0.372. The minimum atomic E-state index is 0.0667. The van der Waals surface area contributed by atoms with Gasteiger partial charge in [0.15, 0.2) is 0 Å². The third-order valence-corrected chi connectivity index (χ3v) is 7.95. The molecule has 0 nitrogen and oxygen atoms in total. The van der Waals surface area contributed by atoms with E-state index in [4.69, 9.17) is 0 Å². The third kappa shape index (κ3) is 6.33. The maximum atomic E-state index is 14.8. The fourth-order valence-electron chi connectivity index (χ4n) is 5.80. The fraction of sp³-hybridized carbons (Fsp3) is 0.778. The Morgan fingerprint density at radius 3 is 2.04 bits per heavy atom. The molecule has 0 amide bonds. The summed E-state index contributed by atoms with van der Waals surface area (Å²) in [6.07, 6.45) is 19.8. The van der Waals surface area contributed by atoms with Gasteiger partial charge in [0.2, 0.25) is 0 Å². The lowest BCUT2D eigenvalue weighted by atomic mass is 9.77. The van der Waals surface area contributed by atoms with E-state index in [1.807, 2.05) is 6.07 Å².